The van der Waals surface area contributed by atoms with Crippen LogP contribution in [0.1, 0.15) is 24.1 Å². The number of hydrogen-bond acceptors (Lipinski definition) is 4. The van der Waals surface area contributed by atoms with E-state index in [1.165, 1.54) is 6.07 Å². The van der Waals surface area contributed by atoms with Crippen LogP contribution >= 0.6 is 15.9 Å². The summed E-state index contributed by atoms with van der Waals surface area (Å²) in [5.41, 5.74) is 1.83. The fourth-order valence-corrected chi connectivity index (χ4v) is 2.22. The Morgan fingerprint density at radius 2 is 2.25 bits per heavy atom. The number of nitro benzene ring substituents is 1. The smallest absolute Gasteiger partial charge is 0.275 e. The minimum absolute atomic E-state index is 0.0759. The van der Waals surface area contributed by atoms with Crippen LogP contribution in [0.2, 0.25) is 0 Å². The maximum Gasteiger partial charge on any atom is 0.275 e. The fraction of sp³-hybridized carbons (Fsp3) is 0.214. The Bertz CT molecular complexity index is 605. The molecule has 0 fully saturated rings. The fourth-order valence-electron chi connectivity index (χ4n) is 1.87. The third kappa shape index (κ3) is 3.61. The van der Waals surface area contributed by atoms with Gasteiger partial charge in [-0.3, -0.25) is 15.1 Å². The van der Waals surface area contributed by atoms with Gasteiger partial charge >= 0.3 is 0 Å². The van der Waals surface area contributed by atoms with Crippen LogP contribution in [0.4, 0.5) is 5.69 Å². The van der Waals surface area contributed by atoms with Crippen LogP contribution in [0.3, 0.4) is 0 Å². The van der Waals surface area contributed by atoms with E-state index in [9.17, 15) is 10.1 Å². The minimum Gasteiger partial charge on any atom is -0.306 e. The molecule has 0 spiro atoms. The maximum atomic E-state index is 11.0. The molecular formula is C14H14BrN3O2. The molecule has 0 saturated carbocycles. The van der Waals surface area contributed by atoms with Gasteiger partial charge in [0.1, 0.15) is 0 Å². The summed E-state index contributed by atoms with van der Waals surface area (Å²) in [5, 5.41) is 14.3. The molecule has 6 heteroatoms. The molecule has 0 bridgehead atoms. The van der Waals surface area contributed by atoms with E-state index < -0.39 is 0 Å². The predicted octanol–water partition coefficient (Wildman–Crippen LogP) is 3.60. The zero-order valence-electron chi connectivity index (χ0n) is 10.9. The molecule has 0 radical (unpaired) electrons. The lowest BCUT2D eigenvalue weighted by Gasteiger charge is -2.14. The normalized spacial score (nSPS) is 12.1. The number of hydrogen-bond donors (Lipinski definition) is 1. The van der Waals surface area contributed by atoms with Gasteiger partial charge < -0.3 is 5.32 Å². The lowest BCUT2D eigenvalue weighted by atomic mass is 10.1. The van der Waals surface area contributed by atoms with Crippen LogP contribution in [0, 0.1) is 10.1 Å². The van der Waals surface area contributed by atoms with Crippen LogP contribution in [0.5, 0.6) is 0 Å². The Balaban J connectivity index is 2.09. The van der Waals surface area contributed by atoms with Gasteiger partial charge in [0.25, 0.3) is 5.69 Å². The lowest BCUT2D eigenvalue weighted by Crippen LogP contribution is -2.18. The Kier molecular flexibility index (Phi) is 4.81. The number of halogens is 1. The Morgan fingerprint density at radius 1 is 1.45 bits per heavy atom. The summed E-state index contributed by atoms with van der Waals surface area (Å²) < 4.78 is 0.702. The van der Waals surface area contributed by atoms with Gasteiger partial charge in [-0.15, -0.1) is 0 Å². The first-order valence-corrected chi connectivity index (χ1v) is 6.93. The van der Waals surface area contributed by atoms with E-state index in [4.69, 9.17) is 0 Å². The molecular weight excluding hydrogens is 322 g/mol. The molecule has 20 heavy (non-hydrogen) atoms. The van der Waals surface area contributed by atoms with Gasteiger partial charge in [-0.05, 0) is 30.7 Å². The van der Waals surface area contributed by atoms with Gasteiger partial charge in [0, 0.05) is 41.1 Å². The molecule has 2 aromatic rings. The number of rotatable bonds is 5. The SMILES string of the molecule is C[C@H](NCc1ccc(Br)cc1[N+](=O)[O-])c1cccnc1. The zero-order chi connectivity index (χ0) is 14.5. The summed E-state index contributed by atoms with van der Waals surface area (Å²) in [6, 6.07) is 9.00. The number of aromatic nitrogens is 1. The van der Waals surface area contributed by atoms with Gasteiger partial charge in [-0.2, -0.15) is 0 Å². The van der Waals surface area contributed by atoms with Gasteiger partial charge in [-0.25, -0.2) is 0 Å². The summed E-state index contributed by atoms with van der Waals surface area (Å²) >= 11 is 3.25. The number of nitro groups is 1. The average Bonchev–Trinajstić information content (AvgIpc) is 2.46. The molecule has 2 rings (SSSR count). The minimum atomic E-state index is -0.365. The molecule has 1 heterocycles. The van der Waals surface area contributed by atoms with E-state index >= 15 is 0 Å². The lowest BCUT2D eigenvalue weighted by molar-refractivity contribution is -0.385. The predicted molar refractivity (Wildman–Crippen MR) is 80.3 cm³/mol. The second kappa shape index (κ2) is 6.58. The molecule has 0 saturated heterocycles. The summed E-state index contributed by atoms with van der Waals surface area (Å²) in [6.45, 7) is 2.43. The molecule has 1 aromatic heterocycles. The van der Waals surface area contributed by atoms with Crippen molar-refractivity contribution >= 4 is 21.6 Å². The Morgan fingerprint density at radius 3 is 2.90 bits per heavy atom. The number of pyridine rings is 1. The quantitative estimate of drug-likeness (QED) is 0.669. The van der Waals surface area contributed by atoms with Crippen LogP contribution < -0.4 is 5.32 Å². The van der Waals surface area contributed by atoms with E-state index in [2.05, 4.69) is 26.2 Å². The van der Waals surface area contributed by atoms with Crippen molar-refractivity contribution in [3.63, 3.8) is 0 Å². The van der Waals surface area contributed by atoms with Gasteiger partial charge in [0.2, 0.25) is 0 Å². The van der Waals surface area contributed by atoms with Crippen LogP contribution in [0.25, 0.3) is 0 Å². The summed E-state index contributed by atoms with van der Waals surface area (Å²) in [5.74, 6) is 0. The summed E-state index contributed by atoms with van der Waals surface area (Å²) in [7, 11) is 0. The Hall–Kier alpha value is -1.79. The van der Waals surface area contributed by atoms with Crippen molar-refractivity contribution in [3.8, 4) is 0 Å². The average molecular weight is 336 g/mol. The molecule has 1 atom stereocenters. The van der Waals surface area contributed by atoms with Crippen molar-refractivity contribution in [2.24, 2.45) is 0 Å². The molecule has 0 aliphatic rings. The first-order chi connectivity index (χ1) is 9.58. The zero-order valence-corrected chi connectivity index (χ0v) is 12.5. The van der Waals surface area contributed by atoms with E-state index in [-0.39, 0.29) is 16.7 Å². The van der Waals surface area contributed by atoms with Gasteiger partial charge in [0.05, 0.1) is 4.92 Å². The van der Waals surface area contributed by atoms with Gasteiger partial charge in [0.15, 0.2) is 0 Å². The highest BCUT2D eigenvalue weighted by Gasteiger charge is 2.15. The van der Waals surface area contributed by atoms with Crippen molar-refractivity contribution in [3.05, 3.63) is 68.4 Å². The summed E-state index contributed by atoms with van der Waals surface area (Å²) in [6.07, 6.45) is 3.50. The first kappa shape index (κ1) is 14.6. The molecule has 104 valence electrons. The monoisotopic (exact) mass is 335 g/mol. The van der Waals surface area contributed by atoms with Crippen molar-refractivity contribution in [2.45, 2.75) is 19.5 Å². The molecule has 0 unspecified atom stereocenters. The molecule has 0 amide bonds. The van der Waals surface area contributed by atoms with E-state index in [0.29, 0.717) is 16.6 Å². The largest absolute Gasteiger partial charge is 0.306 e. The molecule has 1 N–H and O–H groups in total. The van der Waals surface area contributed by atoms with E-state index in [1.807, 2.05) is 19.1 Å². The second-order valence-electron chi connectivity index (χ2n) is 4.42. The third-order valence-corrected chi connectivity index (χ3v) is 3.52. The van der Waals surface area contributed by atoms with Crippen LogP contribution in [-0.4, -0.2) is 9.91 Å². The van der Waals surface area contributed by atoms with E-state index in [1.54, 1.807) is 24.5 Å². The van der Waals surface area contributed by atoms with Crippen molar-refractivity contribution < 1.29 is 4.92 Å². The molecule has 1 aromatic carbocycles. The van der Waals surface area contributed by atoms with E-state index in [0.717, 1.165) is 5.56 Å². The maximum absolute atomic E-state index is 11.0. The molecule has 0 aliphatic carbocycles. The second-order valence-corrected chi connectivity index (χ2v) is 5.33. The van der Waals surface area contributed by atoms with Crippen LogP contribution in [-0.2, 0) is 6.54 Å². The Labute approximate surface area is 125 Å². The molecule has 0 aliphatic heterocycles. The van der Waals surface area contributed by atoms with Crippen molar-refractivity contribution in [1.82, 2.24) is 10.3 Å². The van der Waals surface area contributed by atoms with Crippen molar-refractivity contribution in [2.75, 3.05) is 0 Å². The number of nitrogens with one attached hydrogen (secondary N) is 1. The molecule has 5 nitrogen and oxygen atoms in total. The standard InChI is InChI=1S/C14H14BrN3O2/c1-10(11-3-2-6-16-8-11)17-9-12-4-5-13(15)7-14(12)18(19)20/h2-8,10,17H,9H2,1H3/t10-/m0/s1. The topological polar surface area (TPSA) is 68.1 Å². The van der Waals surface area contributed by atoms with Gasteiger partial charge in [-0.1, -0.05) is 22.0 Å². The highest BCUT2D eigenvalue weighted by atomic mass is 79.9. The summed E-state index contributed by atoms with van der Waals surface area (Å²) in [4.78, 5) is 14.7. The third-order valence-electron chi connectivity index (χ3n) is 3.03. The number of nitrogens with zero attached hydrogens (tertiary/aromatic N) is 2. The van der Waals surface area contributed by atoms with Crippen molar-refractivity contribution in [1.29, 1.82) is 0 Å². The number of benzene rings is 1. The highest BCUT2D eigenvalue weighted by molar-refractivity contribution is 9.10. The highest BCUT2D eigenvalue weighted by Crippen LogP contribution is 2.24. The first-order valence-electron chi connectivity index (χ1n) is 6.14. The van der Waals surface area contributed by atoms with Crippen LogP contribution in [0.15, 0.2) is 47.2 Å².